The molecule has 1 rings (SSSR count). The summed E-state index contributed by atoms with van der Waals surface area (Å²) in [7, 11) is 0. The predicted molar refractivity (Wildman–Crippen MR) is 61.2 cm³/mol. The van der Waals surface area contributed by atoms with Gasteiger partial charge in [-0.1, -0.05) is 13.8 Å². The Kier molecular flexibility index (Phi) is 3.23. The summed E-state index contributed by atoms with van der Waals surface area (Å²) in [5.74, 6) is 0.411. The van der Waals surface area contributed by atoms with Crippen molar-refractivity contribution in [2.75, 3.05) is 0 Å². The smallest absolute Gasteiger partial charge is 0.0815 e. The Morgan fingerprint density at radius 2 is 2.14 bits per heavy atom. The molecule has 0 unspecified atom stereocenters. The van der Waals surface area contributed by atoms with Gasteiger partial charge in [0.25, 0.3) is 0 Å². The van der Waals surface area contributed by atoms with E-state index in [-0.39, 0.29) is 0 Å². The summed E-state index contributed by atoms with van der Waals surface area (Å²) in [6.45, 7) is 11.8. The maximum absolute atomic E-state index is 4.38. The fourth-order valence-electron chi connectivity index (χ4n) is 1.20. The molecular formula is C11H17N3. The lowest BCUT2D eigenvalue weighted by molar-refractivity contribution is 0.502. The molecule has 0 bridgehead atoms. The van der Waals surface area contributed by atoms with Crippen LogP contribution >= 0.6 is 0 Å². The van der Waals surface area contributed by atoms with Gasteiger partial charge in [-0.05, 0) is 25.3 Å². The van der Waals surface area contributed by atoms with Gasteiger partial charge in [0.2, 0.25) is 0 Å². The molecule has 0 radical (unpaired) electrons. The molecule has 0 fully saturated rings. The largest absolute Gasteiger partial charge is 0.257 e. The molecular weight excluding hydrogens is 174 g/mol. The molecule has 14 heavy (non-hydrogen) atoms. The van der Waals surface area contributed by atoms with Gasteiger partial charge >= 0.3 is 0 Å². The Morgan fingerprint density at radius 3 is 2.57 bits per heavy atom. The van der Waals surface area contributed by atoms with Crippen LogP contribution < -0.4 is 0 Å². The van der Waals surface area contributed by atoms with Crippen molar-refractivity contribution in [1.29, 1.82) is 0 Å². The standard InChI is InChI=1S/C11H17N3/c1-8(2)10-7-14(12-5)11(6-13-10)9(3)4/h6-8H,5H2,1-4H3. The van der Waals surface area contributed by atoms with Crippen LogP contribution in [0.4, 0.5) is 0 Å². The van der Waals surface area contributed by atoms with E-state index < -0.39 is 0 Å². The lowest BCUT2D eigenvalue weighted by Gasteiger charge is -2.22. The van der Waals surface area contributed by atoms with Gasteiger partial charge in [-0.15, -0.1) is 0 Å². The number of hydrogen-bond acceptors (Lipinski definition) is 3. The zero-order valence-corrected chi connectivity index (χ0v) is 9.28. The van der Waals surface area contributed by atoms with Crippen LogP contribution in [0.2, 0.25) is 0 Å². The van der Waals surface area contributed by atoms with Crippen LogP contribution in [0.1, 0.15) is 27.7 Å². The molecule has 0 aromatic rings. The third-order valence-electron chi connectivity index (χ3n) is 2.09. The van der Waals surface area contributed by atoms with E-state index in [1.54, 1.807) is 5.01 Å². The minimum absolute atomic E-state index is 0.411. The first-order valence-electron chi connectivity index (χ1n) is 4.75. The van der Waals surface area contributed by atoms with E-state index in [1.807, 2.05) is 26.3 Å². The Labute approximate surface area is 85.5 Å². The van der Waals surface area contributed by atoms with E-state index >= 15 is 0 Å². The highest BCUT2D eigenvalue weighted by Gasteiger charge is 2.13. The lowest BCUT2D eigenvalue weighted by atomic mass is 10.1. The molecule has 1 aliphatic rings. The highest BCUT2D eigenvalue weighted by molar-refractivity contribution is 5.81. The van der Waals surface area contributed by atoms with E-state index in [0.29, 0.717) is 5.92 Å². The van der Waals surface area contributed by atoms with Crippen LogP contribution in [-0.2, 0) is 0 Å². The van der Waals surface area contributed by atoms with Gasteiger partial charge in [0.15, 0.2) is 0 Å². The van der Waals surface area contributed by atoms with Crippen molar-refractivity contribution in [3.8, 4) is 0 Å². The minimum Gasteiger partial charge on any atom is -0.257 e. The Bertz CT molecular complexity index is 317. The van der Waals surface area contributed by atoms with Crippen molar-refractivity contribution in [3.63, 3.8) is 0 Å². The summed E-state index contributed by atoms with van der Waals surface area (Å²) in [5.41, 5.74) is 3.21. The van der Waals surface area contributed by atoms with Gasteiger partial charge in [-0.2, -0.15) is 5.10 Å². The molecule has 76 valence electrons. The van der Waals surface area contributed by atoms with Gasteiger partial charge in [-0.3, -0.25) is 4.99 Å². The normalized spacial score (nSPS) is 15.9. The van der Waals surface area contributed by atoms with E-state index in [1.165, 1.54) is 5.57 Å². The minimum atomic E-state index is 0.411. The molecule has 0 amide bonds. The molecule has 3 nitrogen and oxygen atoms in total. The molecule has 0 saturated heterocycles. The number of nitrogens with zero attached hydrogens (tertiary/aromatic N) is 3. The molecule has 0 aliphatic carbocycles. The predicted octanol–water partition coefficient (Wildman–Crippen LogP) is 2.78. The number of rotatable bonds is 2. The maximum atomic E-state index is 4.38. The van der Waals surface area contributed by atoms with Crippen LogP contribution in [0.5, 0.6) is 0 Å². The van der Waals surface area contributed by atoms with E-state index in [9.17, 15) is 0 Å². The second-order valence-electron chi connectivity index (χ2n) is 3.84. The van der Waals surface area contributed by atoms with Gasteiger partial charge in [0.1, 0.15) is 0 Å². The maximum Gasteiger partial charge on any atom is 0.0815 e. The fourth-order valence-corrected chi connectivity index (χ4v) is 1.20. The first kappa shape index (κ1) is 10.7. The highest BCUT2D eigenvalue weighted by atomic mass is 15.4. The molecule has 3 heteroatoms. The highest BCUT2D eigenvalue weighted by Crippen LogP contribution is 2.21. The summed E-state index contributed by atoms with van der Waals surface area (Å²) in [6, 6.07) is 0. The third kappa shape index (κ3) is 2.10. The SMILES string of the molecule is C=NN1C=C(C(C)C)N=CC1=C(C)C. The first-order chi connectivity index (χ1) is 6.56. The molecule has 0 N–H and O–H groups in total. The van der Waals surface area contributed by atoms with E-state index in [0.717, 1.165) is 11.4 Å². The van der Waals surface area contributed by atoms with Crippen LogP contribution in [-0.4, -0.2) is 17.9 Å². The monoisotopic (exact) mass is 191 g/mol. The number of hydrazone groups is 1. The Hall–Kier alpha value is -1.38. The average Bonchev–Trinajstić information content (AvgIpc) is 2.16. The summed E-state index contributed by atoms with van der Waals surface area (Å²) in [4.78, 5) is 4.38. The van der Waals surface area contributed by atoms with Crippen molar-refractivity contribution in [2.24, 2.45) is 16.0 Å². The molecule has 0 saturated carbocycles. The van der Waals surface area contributed by atoms with Crippen LogP contribution in [0.25, 0.3) is 0 Å². The van der Waals surface area contributed by atoms with Crippen molar-refractivity contribution in [3.05, 3.63) is 23.2 Å². The average molecular weight is 191 g/mol. The van der Waals surface area contributed by atoms with Crippen molar-refractivity contribution >= 4 is 12.9 Å². The summed E-state index contributed by atoms with van der Waals surface area (Å²) in [6.07, 6.45) is 3.78. The fraction of sp³-hybridized carbons (Fsp3) is 0.455. The second kappa shape index (κ2) is 4.22. The van der Waals surface area contributed by atoms with Gasteiger partial charge in [0.05, 0.1) is 23.8 Å². The summed E-state index contributed by atoms with van der Waals surface area (Å²) >= 11 is 0. The molecule has 0 atom stereocenters. The Morgan fingerprint density at radius 1 is 1.50 bits per heavy atom. The summed E-state index contributed by atoms with van der Waals surface area (Å²) in [5, 5.41) is 5.72. The van der Waals surface area contributed by atoms with Crippen LogP contribution in [0.15, 0.2) is 33.3 Å². The molecule has 0 aromatic carbocycles. The quantitative estimate of drug-likeness (QED) is 0.617. The van der Waals surface area contributed by atoms with E-state index in [2.05, 4.69) is 30.7 Å². The third-order valence-corrected chi connectivity index (χ3v) is 2.09. The molecule has 0 spiro atoms. The Balaban J connectivity index is 3.03. The molecule has 0 aromatic heterocycles. The number of hydrogen-bond donors (Lipinski definition) is 0. The number of allylic oxidation sites excluding steroid dienone is 3. The lowest BCUT2D eigenvalue weighted by Crippen LogP contribution is -2.17. The van der Waals surface area contributed by atoms with Crippen LogP contribution in [0, 0.1) is 5.92 Å². The molecule has 1 heterocycles. The van der Waals surface area contributed by atoms with Gasteiger partial charge < -0.3 is 0 Å². The van der Waals surface area contributed by atoms with Crippen LogP contribution in [0.3, 0.4) is 0 Å². The summed E-state index contributed by atoms with van der Waals surface area (Å²) < 4.78 is 0. The number of aliphatic imine (C=N–C) groups is 1. The zero-order valence-electron chi connectivity index (χ0n) is 9.28. The van der Waals surface area contributed by atoms with E-state index in [4.69, 9.17) is 0 Å². The second-order valence-corrected chi connectivity index (χ2v) is 3.84. The van der Waals surface area contributed by atoms with Gasteiger partial charge in [0, 0.05) is 6.72 Å². The van der Waals surface area contributed by atoms with Crippen molar-refractivity contribution < 1.29 is 0 Å². The van der Waals surface area contributed by atoms with Crippen molar-refractivity contribution in [1.82, 2.24) is 5.01 Å². The van der Waals surface area contributed by atoms with Crippen molar-refractivity contribution in [2.45, 2.75) is 27.7 Å². The molecule has 1 aliphatic heterocycles. The zero-order chi connectivity index (χ0) is 10.7. The topological polar surface area (TPSA) is 28.0 Å². The van der Waals surface area contributed by atoms with Gasteiger partial charge in [-0.25, -0.2) is 5.01 Å². The first-order valence-corrected chi connectivity index (χ1v) is 4.75.